The molecule has 0 bridgehead atoms. The van der Waals surface area contributed by atoms with Crippen molar-refractivity contribution in [3.63, 3.8) is 0 Å². The summed E-state index contributed by atoms with van der Waals surface area (Å²) in [5.74, 6) is -0.463. The van der Waals surface area contributed by atoms with Crippen LogP contribution in [0.2, 0.25) is 0 Å². The summed E-state index contributed by atoms with van der Waals surface area (Å²) in [5, 5.41) is 152. The number of esters is 1. The molecule has 0 aromatic heterocycles. The van der Waals surface area contributed by atoms with Crippen LogP contribution in [-0.4, -0.2) is 251 Å². The first-order valence-corrected chi connectivity index (χ1v) is 29.8. The van der Waals surface area contributed by atoms with Gasteiger partial charge in [0.1, 0.15) is 104 Å². The molecule has 25 heteroatoms. The highest BCUT2D eigenvalue weighted by Crippen LogP contribution is 2.75. The zero-order chi connectivity index (χ0) is 60.4. The molecule has 0 aromatic carbocycles. The van der Waals surface area contributed by atoms with Gasteiger partial charge in [-0.25, -0.2) is 0 Å². The zero-order valence-corrected chi connectivity index (χ0v) is 48.4. The van der Waals surface area contributed by atoms with Crippen LogP contribution in [0, 0.1) is 44.8 Å². The van der Waals surface area contributed by atoms with E-state index in [-0.39, 0.29) is 40.6 Å². The number of allylic oxidation sites excluding steroid dienone is 3. The number of hydrogen-bond donors (Lipinski definition) is 14. The Morgan fingerprint density at radius 1 is 0.578 bits per heavy atom. The molecule has 5 aliphatic carbocycles. The second-order valence-corrected chi connectivity index (χ2v) is 27.2. The monoisotopic (exact) mass is 1190 g/mol. The van der Waals surface area contributed by atoms with Crippen LogP contribution >= 0.6 is 0 Å². The van der Waals surface area contributed by atoms with Gasteiger partial charge in [0.25, 0.3) is 0 Å². The highest BCUT2D eigenvalue weighted by Gasteiger charge is 2.70. The van der Waals surface area contributed by atoms with E-state index in [1.165, 1.54) is 19.4 Å². The van der Waals surface area contributed by atoms with Gasteiger partial charge in [-0.1, -0.05) is 58.4 Å². The quantitative estimate of drug-likeness (QED) is 0.0572. The topological polar surface area (TPSA) is 393 Å². The minimum absolute atomic E-state index is 0.117. The molecular formula is C58H92O25. The van der Waals surface area contributed by atoms with Gasteiger partial charge in [0.2, 0.25) is 6.29 Å². The van der Waals surface area contributed by atoms with E-state index in [1.54, 1.807) is 0 Å². The molecule has 0 spiro atoms. The number of ether oxygens (including phenoxy) is 10. The third-order valence-electron chi connectivity index (χ3n) is 22.5. The highest BCUT2D eigenvalue weighted by molar-refractivity contribution is 5.79. The van der Waals surface area contributed by atoms with Crippen LogP contribution in [0.25, 0.3) is 0 Å². The largest absolute Gasteiger partial charge is 0.432 e. The van der Waals surface area contributed by atoms with Crippen LogP contribution < -0.4 is 0 Å². The summed E-state index contributed by atoms with van der Waals surface area (Å²) in [4.78, 5) is 14.7. The van der Waals surface area contributed by atoms with E-state index in [2.05, 4.69) is 47.3 Å². The van der Waals surface area contributed by atoms with E-state index in [0.717, 1.165) is 31.3 Å². The Morgan fingerprint density at radius 2 is 1.16 bits per heavy atom. The molecule has 25 nitrogen and oxygen atoms in total. The smallest absolute Gasteiger partial charge is 0.315 e. The van der Waals surface area contributed by atoms with Gasteiger partial charge >= 0.3 is 5.97 Å². The molecule has 474 valence electrons. The van der Waals surface area contributed by atoms with Gasteiger partial charge < -0.3 is 119 Å². The minimum Gasteiger partial charge on any atom is -0.432 e. The predicted octanol–water partition coefficient (Wildman–Crippen LogP) is -1.99. The number of hydrogen-bond acceptors (Lipinski definition) is 25. The van der Waals surface area contributed by atoms with Crippen LogP contribution in [0.4, 0.5) is 0 Å². The van der Waals surface area contributed by atoms with E-state index in [9.17, 15) is 76.3 Å². The molecule has 0 amide bonds. The molecule has 5 heterocycles. The van der Waals surface area contributed by atoms with Crippen molar-refractivity contribution in [3.05, 3.63) is 23.8 Å². The highest BCUT2D eigenvalue weighted by atomic mass is 16.8. The Labute approximate surface area is 483 Å². The van der Waals surface area contributed by atoms with Crippen molar-refractivity contribution in [1.29, 1.82) is 0 Å². The standard InChI is InChI=1S/C58H92O25/c1-23-11-16-58(53(73)83-51-42(70)39(67)36(64)29(20-59)77-51)18-17-56(7)26(27(58)19-23)9-10-32-55(6)14-13-33(54(4,5)31(55)12-15-57(32,56)8)79-48-44(72)45(28(61)22-74-48)80-52-47(82-50-41(69)38(66)35(63)25(3)76-50)43(71)46(30(21-60)78-52)81-49-40(68)37(65)34(62)24(2)75-49/h9,24-25,27-52,59-72H,1,10-22H2,2-8H3/t24-,25-,27-,28+,29+,30+,31-,32+,33-,34-,35-,36-,37+,38+,39-,40+,41+,42+,43-,44+,45-,46-,47+,48-,49-,50-,51-,52-,55-,56+,57+,58-/m0/s1. The summed E-state index contributed by atoms with van der Waals surface area (Å²) >= 11 is 0. The first kappa shape index (κ1) is 64.0. The number of carbonyl (C=O) groups is 1. The average molecular weight is 1190 g/mol. The van der Waals surface area contributed by atoms with Crippen LogP contribution in [-0.2, 0) is 52.2 Å². The second-order valence-electron chi connectivity index (χ2n) is 27.2. The van der Waals surface area contributed by atoms with Crippen molar-refractivity contribution in [2.75, 3.05) is 19.8 Å². The van der Waals surface area contributed by atoms with Crippen molar-refractivity contribution in [2.45, 2.75) is 266 Å². The fraction of sp³-hybridized carbons (Fsp3) is 0.914. The molecule has 4 saturated carbocycles. The van der Waals surface area contributed by atoms with Crippen molar-refractivity contribution >= 4 is 5.97 Å². The Kier molecular flexibility index (Phi) is 18.3. The lowest BCUT2D eigenvalue weighted by atomic mass is 9.34. The normalized spacial score (nSPS) is 54.5. The van der Waals surface area contributed by atoms with E-state index in [1.807, 2.05) is 0 Å². The van der Waals surface area contributed by atoms with Gasteiger partial charge in [-0.3, -0.25) is 4.79 Å². The molecule has 0 unspecified atom stereocenters. The van der Waals surface area contributed by atoms with Crippen LogP contribution in [0.5, 0.6) is 0 Å². The maximum Gasteiger partial charge on any atom is 0.315 e. The Balaban J connectivity index is 0.853. The maximum absolute atomic E-state index is 14.7. The average Bonchev–Trinajstić information content (AvgIpc) is 0.791. The lowest BCUT2D eigenvalue weighted by Crippen LogP contribution is -2.68. The van der Waals surface area contributed by atoms with Gasteiger partial charge in [-0.2, -0.15) is 0 Å². The summed E-state index contributed by atoms with van der Waals surface area (Å²) in [6, 6.07) is 0. The van der Waals surface area contributed by atoms with Crippen molar-refractivity contribution < 1.29 is 124 Å². The van der Waals surface area contributed by atoms with Crippen LogP contribution in [0.3, 0.4) is 0 Å². The Morgan fingerprint density at radius 3 is 1.78 bits per heavy atom. The van der Waals surface area contributed by atoms with Gasteiger partial charge in [0.05, 0.1) is 43.5 Å². The third kappa shape index (κ3) is 10.6. The fourth-order valence-corrected chi connectivity index (χ4v) is 17.2. The summed E-state index contributed by atoms with van der Waals surface area (Å²) in [7, 11) is 0. The molecule has 0 aromatic rings. The number of rotatable bonds is 12. The summed E-state index contributed by atoms with van der Waals surface area (Å²) in [6.45, 7) is 16.8. The van der Waals surface area contributed by atoms with Gasteiger partial charge in [0, 0.05) is 5.92 Å². The first-order chi connectivity index (χ1) is 39.0. The molecule has 5 saturated heterocycles. The molecule has 32 atom stereocenters. The zero-order valence-electron chi connectivity index (χ0n) is 48.4. The third-order valence-corrected chi connectivity index (χ3v) is 22.5. The summed E-state index contributed by atoms with van der Waals surface area (Å²) in [5.41, 5.74) is 0.0168. The SMILES string of the molecule is C=C1CC[C@]2(C(=O)O[C@@H]3O[C@H](CO)[C@H](O)[C@H](O)[C@H]3O)CC[C@]3(C)C(=CC[C@@H]4[C@@]5(C)CC[C@H](O[C@@H]6OC[C@@H](O)[C@H](O[C@@H]7O[C@H](CO)[C@H](O[C@@H]8O[C@@H](C)[C@H](O)[C@@H](O)[C@H]8O)[C@H](O)[C@H]7O[C@@H]7O[C@@H](C)[C@H](O)[C@@H](O)[C@H]7O)[C@H]6O)C(C)(C)[C@@H]5CC[C@]43C)[C@@H]2C1. The Hall–Kier alpha value is -1.97. The molecule has 0 radical (unpaired) electrons. The van der Waals surface area contributed by atoms with Crippen LogP contribution in [0.15, 0.2) is 23.8 Å². The van der Waals surface area contributed by atoms with Crippen molar-refractivity contribution in [3.8, 4) is 0 Å². The number of aliphatic hydroxyl groups excluding tert-OH is 14. The maximum atomic E-state index is 14.7. The molecule has 83 heavy (non-hydrogen) atoms. The number of carbonyl (C=O) groups excluding carboxylic acids is 1. The lowest BCUT2D eigenvalue weighted by Gasteiger charge is -2.71. The molecule has 14 N–H and O–H groups in total. The predicted molar refractivity (Wildman–Crippen MR) is 282 cm³/mol. The second kappa shape index (κ2) is 23.8. The van der Waals surface area contributed by atoms with Gasteiger partial charge in [0.15, 0.2) is 25.2 Å². The lowest BCUT2D eigenvalue weighted by molar-refractivity contribution is -0.399. The molecule has 10 rings (SSSR count). The number of aliphatic hydroxyl groups is 14. The van der Waals surface area contributed by atoms with Gasteiger partial charge in [-0.15, -0.1) is 0 Å². The summed E-state index contributed by atoms with van der Waals surface area (Å²) < 4.78 is 60.3. The van der Waals surface area contributed by atoms with Gasteiger partial charge in [-0.05, 0) is 112 Å². The molecular weight excluding hydrogens is 1100 g/mol. The first-order valence-electron chi connectivity index (χ1n) is 29.8. The van der Waals surface area contributed by atoms with Crippen molar-refractivity contribution in [1.82, 2.24) is 0 Å². The molecule has 5 aliphatic heterocycles. The van der Waals surface area contributed by atoms with E-state index >= 15 is 0 Å². The van der Waals surface area contributed by atoms with E-state index in [4.69, 9.17) is 47.4 Å². The molecule has 10 aliphatic rings. The molecule has 9 fully saturated rings. The minimum atomic E-state index is -1.93. The number of fused-ring (bicyclic) bond motifs is 7. The summed E-state index contributed by atoms with van der Waals surface area (Å²) in [6.07, 6.45) is -30.1. The van der Waals surface area contributed by atoms with E-state index in [0.29, 0.717) is 38.5 Å². The van der Waals surface area contributed by atoms with E-state index < -0.39 is 184 Å². The van der Waals surface area contributed by atoms with Crippen molar-refractivity contribution in [2.24, 2.45) is 44.8 Å². The van der Waals surface area contributed by atoms with Crippen LogP contribution in [0.1, 0.15) is 113 Å². The fourth-order valence-electron chi connectivity index (χ4n) is 17.2. The Bertz CT molecular complexity index is 2340.